The van der Waals surface area contributed by atoms with E-state index in [-0.39, 0.29) is 11.7 Å². The Kier molecular flexibility index (Phi) is 5.13. The maximum Gasteiger partial charge on any atom is 0.378 e. The van der Waals surface area contributed by atoms with E-state index in [1.807, 2.05) is 56.5 Å². The molecule has 1 aromatic carbocycles. The highest BCUT2D eigenvalue weighted by molar-refractivity contribution is 7.10. The van der Waals surface area contributed by atoms with Crippen molar-refractivity contribution in [2.24, 2.45) is 0 Å². The lowest BCUT2D eigenvalue weighted by Crippen LogP contribution is -2.31. The maximum absolute atomic E-state index is 13.4. The molecule has 154 valence electrons. The summed E-state index contributed by atoms with van der Waals surface area (Å²) >= 11 is 1.50. The Hall–Kier alpha value is -3.46. The van der Waals surface area contributed by atoms with E-state index in [4.69, 9.17) is 4.74 Å². The molecule has 0 unspecified atom stereocenters. The molecule has 0 radical (unpaired) electrons. The molecular formula is C21H21N5O3S. The Labute approximate surface area is 177 Å². The second-order valence-electron chi connectivity index (χ2n) is 7.05. The van der Waals surface area contributed by atoms with Crippen LogP contribution in [0.1, 0.15) is 39.6 Å². The van der Waals surface area contributed by atoms with Crippen molar-refractivity contribution in [1.29, 1.82) is 0 Å². The predicted octanol–water partition coefficient (Wildman–Crippen LogP) is 3.67. The second kappa shape index (κ2) is 7.75. The molecule has 0 bridgehead atoms. The zero-order valence-corrected chi connectivity index (χ0v) is 17.8. The van der Waals surface area contributed by atoms with Crippen molar-refractivity contribution in [2.45, 2.75) is 26.8 Å². The zero-order chi connectivity index (χ0) is 21.4. The van der Waals surface area contributed by atoms with E-state index in [9.17, 15) is 9.59 Å². The molecule has 0 saturated carbocycles. The van der Waals surface area contributed by atoms with Gasteiger partial charge >= 0.3 is 5.97 Å². The Balaban J connectivity index is 1.76. The quantitative estimate of drug-likeness (QED) is 0.622. The molecule has 3 heterocycles. The number of thiophene rings is 1. The smallest absolute Gasteiger partial charge is 0.378 e. The van der Waals surface area contributed by atoms with Crippen LogP contribution in [0, 0.1) is 13.8 Å². The van der Waals surface area contributed by atoms with Gasteiger partial charge in [-0.3, -0.25) is 4.79 Å². The Bertz CT molecular complexity index is 1160. The summed E-state index contributed by atoms with van der Waals surface area (Å²) in [7, 11) is 1.28. The van der Waals surface area contributed by atoms with E-state index in [0.29, 0.717) is 17.2 Å². The number of aromatic nitrogens is 3. The van der Waals surface area contributed by atoms with Crippen LogP contribution < -0.4 is 10.6 Å². The summed E-state index contributed by atoms with van der Waals surface area (Å²) < 4.78 is 6.31. The minimum atomic E-state index is -0.637. The normalized spacial score (nSPS) is 15.4. The first-order valence-electron chi connectivity index (χ1n) is 9.33. The number of allylic oxidation sites excluding steroid dienone is 1. The molecule has 1 aliphatic rings. The lowest BCUT2D eigenvalue weighted by molar-refractivity contribution is -0.113. The van der Waals surface area contributed by atoms with Gasteiger partial charge in [0.2, 0.25) is 5.95 Å². The van der Waals surface area contributed by atoms with Gasteiger partial charge in [-0.25, -0.2) is 9.48 Å². The largest absolute Gasteiger partial charge is 0.463 e. The molecule has 0 fully saturated rings. The second-order valence-corrected chi connectivity index (χ2v) is 8.03. The molecule has 1 aliphatic heterocycles. The van der Waals surface area contributed by atoms with Crippen LogP contribution >= 0.6 is 11.3 Å². The van der Waals surface area contributed by atoms with Crippen LogP contribution in [0.25, 0.3) is 0 Å². The van der Waals surface area contributed by atoms with Gasteiger partial charge in [0.15, 0.2) is 0 Å². The van der Waals surface area contributed by atoms with Gasteiger partial charge in [-0.2, -0.15) is 4.98 Å². The summed E-state index contributed by atoms with van der Waals surface area (Å²) in [6.45, 7) is 5.78. The van der Waals surface area contributed by atoms with Crippen LogP contribution in [0.15, 0.2) is 47.0 Å². The lowest BCUT2D eigenvalue weighted by Gasteiger charge is -2.27. The Morgan fingerprint density at radius 2 is 2.03 bits per heavy atom. The van der Waals surface area contributed by atoms with E-state index >= 15 is 0 Å². The lowest BCUT2D eigenvalue weighted by atomic mass is 10.0. The number of anilines is 2. The van der Waals surface area contributed by atoms with Gasteiger partial charge in [-0.1, -0.05) is 23.8 Å². The fourth-order valence-corrected chi connectivity index (χ4v) is 4.29. The topological polar surface area (TPSA) is 98.1 Å². The van der Waals surface area contributed by atoms with Crippen molar-refractivity contribution in [3.63, 3.8) is 0 Å². The predicted molar refractivity (Wildman–Crippen MR) is 115 cm³/mol. The molecule has 0 spiro atoms. The van der Waals surface area contributed by atoms with Crippen LogP contribution in [0.5, 0.6) is 0 Å². The Morgan fingerprint density at radius 1 is 1.23 bits per heavy atom. The standard InChI is InChI=1S/C21H21N5O3S/c1-11-7-8-14(12(2)10-11)23-19(27)16-13(3)22-21-24-18(20(28)29-4)25-26(21)17(16)15-6-5-9-30-15/h5-10,17H,1-4H3,(H,23,27)(H,22,24,25)/t17-/m0/s1. The number of rotatable bonds is 4. The number of benzene rings is 1. The first-order chi connectivity index (χ1) is 14.4. The summed E-state index contributed by atoms with van der Waals surface area (Å²) in [6.07, 6.45) is 0. The van der Waals surface area contributed by atoms with Gasteiger partial charge in [-0.15, -0.1) is 16.4 Å². The average Bonchev–Trinajstić information content (AvgIpc) is 3.38. The van der Waals surface area contributed by atoms with E-state index in [0.717, 1.165) is 21.7 Å². The van der Waals surface area contributed by atoms with Crippen LogP contribution in [0.4, 0.5) is 11.6 Å². The number of hydrogen-bond donors (Lipinski definition) is 2. The molecule has 9 heteroatoms. The van der Waals surface area contributed by atoms with Crippen LogP contribution in [-0.2, 0) is 9.53 Å². The highest BCUT2D eigenvalue weighted by Crippen LogP contribution is 2.37. The highest BCUT2D eigenvalue weighted by atomic mass is 32.1. The Morgan fingerprint density at radius 3 is 2.70 bits per heavy atom. The molecule has 0 aliphatic carbocycles. The number of fused-ring (bicyclic) bond motifs is 1. The molecule has 30 heavy (non-hydrogen) atoms. The molecule has 1 amide bonds. The first-order valence-corrected chi connectivity index (χ1v) is 10.2. The molecule has 1 atom stereocenters. The van der Waals surface area contributed by atoms with Gasteiger partial charge in [0.05, 0.1) is 12.7 Å². The monoisotopic (exact) mass is 423 g/mol. The third-order valence-corrected chi connectivity index (χ3v) is 5.83. The van der Waals surface area contributed by atoms with Crippen LogP contribution in [-0.4, -0.2) is 33.8 Å². The van der Waals surface area contributed by atoms with Crippen molar-refractivity contribution in [1.82, 2.24) is 14.8 Å². The van der Waals surface area contributed by atoms with Crippen molar-refractivity contribution >= 4 is 34.8 Å². The third kappa shape index (κ3) is 3.48. The van der Waals surface area contributed by atoms with E-state index in [2.05, 4.69) is 20.7 Å². The highest BCUT2D eigenvalue weighted by Gasteiger charge is 2.35. The average molecular weight is 423 g/mol. The molecule has 2 N–H and O–H groups in total. The summed E-state index contributed by atoms with van der Waals surface area (Å²) in [4.78, 5) is 30.5. The molecule has 4 rings (SSSR count). The number of carbonyl (C=O) groups excluding carboxylic acids is 2. The van der Waals surface area contributed by atoms with E-state index < -0.39 is 12.0 Å². The zero-order valence-electron chi connectivity index (χ0n) is 17.0. The van der Waals surface area contributed by atoms with Gasteiger partial charge in [0.25, 0.3) is 11.7 Å². The number of nitrogens with zero attached hydrogens (tertiary/aromatic N) is 3. The number of carbonyl (C=O) groups is 2. The number of ether oxygens (including phenoxy) is 1. The van der Waals surface area contributed by atoms with Gasteiger partial charge in [-0.05, 0) is 43.8 Å². The third-order valence-electron chi connectivity index (χ3n) is 4.91. The van der Waals surface area contributed by atoms with Crippen molar-refractivity contribution < 1.29 is 14.3 Å². The summed E-state index contributed by atoms with van der Waals surface area (Å²) in [5.74, 6) is -0.562. The maximum atomic E-state index is 13.4. The number of esters is 1. The minimum absolute atomic E-state index is 0.0645. The number of hydrogen-bond acceptors (Lipinski definition) is 7. The van der Waals surface area contributed by atoms with Crippen molar-refractivity contribution in [2.75, 3.05) is 17.7 Å². The number of aryl methyl sites for hydroxylation is 2. The van der Waals surface area contributed by atoms with Crippen molar-refractivity contribution in [3.8, 4) is 0 Å². The molecule has 8 nitrogen and oxygen atoms in total. The van der Waals surface area contributed by atoms with Crippen LogP contribution in [0.2, 0.25) is 0 Å². The van der Waals surface area contributed by atoms with E-state index in [1.165, 1.54) is 18.4 Å². The van der Waals surface area contributed by atoms with E-state index in [1.54, 1.807) is 4.68 Å². The summed E-state index contributed by atoms with van der Waals surface area (Å²) in [5.41, 5.74) is 4.00. The van der Waals surface area contributed by atoms with Gasteiger partial charge in [0.1, 0.15) is 6.04 Å². The molecule has 3 aromatic rings. The number of methoxy groups -OCH3 is 1. The van der Waals surface area contributed by atoms with Gasteiger partial charge < -0.3 is 15.4 Å². The fraction of sp³-hybridized carbons (Fsp3) is 0.238. The summed E-state index contributed by atoms with van der Waals surface area (Å²) in [5, 5.41) is 12.4. The number of nitrogens with one attached hydrogen (secondary N) is 2. The fourth-order valence-electron chi connectivity index (χ4n) is 3.48. The van der Waals surface area contributed by atoms with Crippen molar-refractivity contribution in [3.05, 3.63) is 68.8 Å². The summed E-state index contributed by atoms with van der Waals surface area (Å²) in [6, 6.07) is 9.20. The van der Waals surface area contributed by atoms with Gasteiger partial charge in [0, 0.05) is 16.3 Å². The first kappa shape index (κ1) is 19.8. The molecular weight excluding hydrogens is 402 g/mol. The van der Waals surface area contributed by atoms with Crippen LogP contribution in [0.3, 0.4) is 0 Å². The number of amides is 1. The molecule has 0 saturated heterocycles. The minimum Gasteiger partial charge on any atom is -0.463 e. The molecule has 2 aromatic heterocycles. The SMILES string of the molecule is COC(=O)c1nc2n(n1)[C@@H](c1cccs1)C(C(=O)Nc1ccc(C)cc1C)=C(C)N2.